The Bertz CT molecular complexity index is 373. The largest absolute Gasteiger partial charge is 0.379 e. The van der Waals surface area contributed by atoms with Gasteiger partial charge in [0.15, 0.2) is 0 Å². The van der Waals surface area contributed by atoms with Crippen LogP contribution in [0.25, 0.3) is 0 Å². The molecule has 1 unspecified atom stereocenters. The summed E-state index contributed by atoms with van der Waals surface area (Å²) in [6.07, 6.45) is 5.48. The van der Waals surface area contributed by atoms with Crippen LogP contribution >= 0.6 is 0 Å². The number of hydrogen-bond donors (Lipinski definition) is 1. The molecule has 0 aromatic carbocycles. The van der Waals surface area contributed by atoms with Crippen LogP contribution in [0, 0.1) is 5.92 Å². The monoisotopic (exact) mass is 263 g/mol. The van der Waals surface area contributed by atoms with Crippen molar-refractivity contribution >= 4 is 5.82 Å². The molecule has 1 aliphatic rings. The summed E-state index contributed by atoms with van der Waals surface area (Å²) in [6.45, 7) is 4.59. The highest BCUT2D eigenvalue weighted by Gasteiger charge is 2.20. The van der Waals surface area contributed by atoms with Gasteiger partial charge in [-0.15, -0.1) is 0 Å². The molecule has 4 heteroatoms. The van der Waals surface area contributed by atoms with Crippen LogP contribution in [-0.2, 0) is 11.2 Å². The third-order valence-corrected chi connectivity index (χ3v) is 3.38. The van der Waals surface area contributed by atoms with E-state index in [4.69, 9.17) is 10.5 Å². The van der Waals surface area contributed by atoms with Gasteiger partial charge in [0.1, 0.15) is 5.82 Å². The molecular formula is C15H25N3O. The number of nitrogens with two attached hydrogens (primary N) is 1. The van der Waals surface area contributed by atoms with Gasteiger partial charge >= 0.3 is 0 Å². The molecule has 4 nitrogen and oxygen atoms in total. The molecular weight excluding hydrogens is 238 g/mol. The summed E-state index contributed by atoms with van der Waals surface area (Å²) in [5.74, 6) is 1.82. The first-order chi connectivity index (χ1) is 9.15. The zero-order valence-electron chi connectivity index (χ0n) is 12.0. The molecule has 1 fully saturated rings. The first-order valence-electron chi connectivity index (χ1n) is 7.14. The average Bonchev–Trinajstić information content (AvgIpc) is 3.18. The molecule has 2 rings (SSSR count). The molecule has 1 aliphatic carbocycles. The quantitative estimate of drug-likeness (QED) is 0.727. The van der Waals surface area contributed by atoms with E-state index in [2.05, 4.69) is 22.0 Å². The van der Waals surface area contributed by atoms with Crippen molar-refractivity contribution in [1.29, 1.82) is 0 Å². The van der Waals surface area contributed by atoms with E-state index >= 15 is 0 Å². The molecule has 1 aromatic rings. The summed E-state index contributed by atoms with van der Waals surface area (Å²) in [4.78, 5) is 6.60. The van der Waals surface area contributed by atoms with Crippen molar-refractivity contribution in [1.82, 2.24) is 4.98 Å². The van der Waals surface area contributed by atoms with E-state index in [0.717, 1.165) is 37.9 Å². The second kappa shape index (κ2) is 6.87. The van der Waals surface area contributed by atoms with Crippen LogP contribution in [0.5, 0.6) is 0 Å². The molecule has 1 atom stereocenters. The van der Waals surface area contributed by atoms with E-state index in [1.54, 1.807) is 0 Å². The number of ether oxygens (including phenoxy) is 1. The lowest BCUT2D eigenvalue weighted by atomic mass is 10.1. The zero-order valence-corrected chi connectivity index (χ0v) is 12.0. The summed E-state index contributed by atoms with van der Waals surface area (Å²) < 4.78 is 5.64. The van der Waals surface area contributed by atoms with Gasteiger partial charge in [0, 0.05) is 32.4 Å². The molecule has 2 N–H and O–H groups in total. The minimum atomic E-state index is 0.182. The SMILES string of the molecule is CC(N)Cc1ccc(N(C)CCOCC2CC2)nc1. The van der Waals surface area contributed by atoms with Crippen LogP contribution in [0.2, 0.25) is 0 Å². The molecule has 106 valence electrons. The van der Waals surface area contributed by atoms with Crippen molar-refractivity contribution < 1.29 is 4.74 Å². The highest BCUT2D eigenvalue weighted by Crippen LogP contribution is 2.28. The second-order valence-electron chi connectivity index (χ2n) is 5.65. The van der Waals surface area contributed by atoms with E-state index in [-0.39, 0.29) is 6.04 Å². The number of likely N-dealkylation sites (N-methyl/N-ethyl adjacent to an activating group) is 1. The second-order valence-corrected chi connectivity index (χ2v) is 5.65. The highest BCUT2D eigenvalue weighted by atomic mass is 16.5. The van der Waals surface area contributed by atoms with Crippen LogP contribution in [0.15, 0.2) is 18.3 Å². The molecule has 1 aromatic heterocycles. The van der Waals surface area contributed by atoms with Gasteiger partial charge in [-0.05, 0) is 43.7 Å². The normalized spacial score (nSPS) is 16.4. The van der Waals surface area contributed by atoms with Gasteiger partial charge in [0.05, 0.1) is 6.61 Å². The van der Waals surface area contributed by atoms with E-state index in [0.29, 0.717) is 0 Å². The number of nitrogens with zero attached hydrogens (tertiary/aromatic N) is 2. The van der Waals surface area contributed by atoms with E-state index in [9.17, 15) is 0 Å². The number of rotatable bonds is 8. The molecule has 0 saturated heterocycles. The van der Waals surface area contributed by atoms with Crippen molar-refractivity contribution in [3.05, 3.63) is 23.9 Å². The summed E-state index contributed by atoms with van der Waals surface area (Å²) >= 11 is 0. The summed E-state index contributed by atoms with van der Waals surface area (Å²) in [5, 5.41) is 0. The predicted octanol–water partition coefficient (Wildman–Crippen LogP) is 1.83. The van der Waals surface area contributed by atoms with Crippen LogP contribution in [0.4, 0.5) is 5.82 Å². The molecule has 1 heterocycles. The number of aromatic nitrogens is 1. The van der Waals surface area contributed by atoms with Crippen LogP contribution in [0.1, 0.15) is 25.3 Å². The van der Waals surface area contributed by atoms with Gasteiger partial charge < -0.3 is 15.4 Å². The average molecular weight is 263 g/mol. The first-order valence-corrected chi connectivity index (χ1v) is 7.14. The van der Waals surface area contributed by atoms with Crippen molar-refractivity contribution in [2.45, 2.75) is 32.2 Å². The zero-order chi connectivity index (χ0) is 13.7. The van der Waals surface area contributed by atoms with Crippen molar-refractivity contribution in [2.75, 3.05) is 31.7 Å². The third kappa shape index (κ3) is 5.17. The minimum absolute atomic E-state index is 0.182. The summed E-state index contributed by atoms with van der Waals surface area (Å²) in [5.41, 5.74) is 6.97. The lowest BCUT2D eigenvalue weighted by Gasteiger charge is -2.18. The topological polar surface area (TPSA) is 51.4 Å². The van der Waals surface area contributed by atoms with Gasteiger partial charge in [-0.1, -0.05) is 6.07 Å². The Morgan fingerprint density at radius 2 is 2.26 bits per heavy atom. The van der Waals surface area contributed by atoms with Gasteiger partial charge in [-0.2, -0.15) is 0 Å². The van der Waals surface area contributed by atoms with Crippen LogP contribution < -0.4 is 10.6 Å². The fourth-order valence-corrected chi connectivity index (χ4v) is 1.99. The maximum Gasteiger partial charge on any atom is 0.128 e. The fraction of sp³-hybridized carbons (Fsp3) is 0.667. The Hall–Kier alpha value is -1.13. The van der Waals surface area contributed by atoms with Gasteiger partial charge in [-0.25, -0.2) is 4.98 Å². The number of pyridine rings is 1. The van der Waals surface area contributed by atoms with Gasteiger partial charge in [-0.3, -0.25) is 0 Å². The lowest BCUT2D eigenvalue weighted by molar-refractivity contribution is 0.131. The predicted molar refractivity (Wildman–Crippen MR) is 78.4 cm³/mol. The van der Waals surface area contributed by atoms with E-state index in [1.165, 1.54) is 18.4 Å². The summed E-state index contributed by atoms with van der Waals surface area (Å²) in [6, 6.07) is 4.34. The fourth-order valence-electron chi connectivity index (χ4n) is 1.99. The number of anilines is 1. The smallest absolute Gasteiger partial charge is 0.128 e. The maximum absolute atomic E-state index is 5.78. The summed E-state index contributed by atoms with van der Waals surface area (Å²) in [7, 11) is 2.05. The Labute approximate surface area is 116 Å². The Balaban J connectivity index is 1.72. The minimum Gasteiger partial charge on any atom is -0.379 e. The van der Waals surface area contributed by atoms with Crippen molar-refractivity contribution in [2.24, 2.45) is 11.7 Å². The third-order valence-electron chi connectivity index (χ3n) is 3.38. The molecule has 1 saturated carbocycles. The van der Waals surface area contributed by atoms with Crippen LogP contribution in [-0.4, -0.2) is 37.8 Å². The molecule has 0 amide bonds. The Morgan fingerprint density at radius 1 is 1.47 bits per heavy atom. The molecule has 0 bridgehead atoms. The number of hydrogen-bond acceptors (Lipinski definition) is 4. The molecule has 0 radical (unpaired) electrons. The standard InChI is InChI=1S/C15H25N3O/c1-12(16)9-14-5-6-15(17-10-14)18(2)7-8-19-11-13-3-4-13/h5-6,10,12-13H,3-4,7-9,11,16H2,1-2H3. The Kier molecular flexibility index (Phi) is 5.16. The first kappa shape index (κ1) is 14.3. The Morgan fingerprint density at radius 3 is 2.84 bits per heavy atom. The van der Waals surface area contributed by atoms with E-state index in [1.807, 2.05) is 20.2 Å². The van der Waals surface area contributed by atoms with Crippen molar-refractivity contribution in [3.8, 4) is 0 Å². The van der Waals surface area contributed by atoms with Gasteiger partial charge in [0.25, 0.3) is 0 Å². The molecule has 19 heavy (non-hydrogen) atoms. The van der Waals surface area contributed by atoms with Gasteiger partial charge in [0.2, 0.25) is 0 Å². The molecule has 0 aliphatic heterocycles. The molecule has 0 spiro atoms. The van der Waals surface area contributed by atoms with E-state index < -0.39 is 0 Å². The highest BCUT2D eigenvalue weighted by molar-refractivity contribution is 5.38. The maximum atomic E-state index is 5.78. The van der Waals surface area contributed by atoms with Crippen molar-refractivity contribution in [3.63, 3.8) is 0 Å². The lowest BCUT2D eigenvalue weighted by Crippen LogP contribution is -2.24. The van der Waals surface area contributed by atoms with Crippen LogP contribution in [0.3, 0.4) is 0 Å².